The van der Waals surface area contributed by atoms with Gasteiger partial charge in [-0.2, -0.15) is 5.10 Å². The van der Waals surface area contributed by atoms with Gasteiger partial charge in [0.2, 0.25) is 0 Å². The molecule has 1 saturated heterocycles. The molecular formula is C25H30N6O2. The number of piperidine rings is 1. The van der Waals surface area contributed by atoms with E-state index in [1.54, 1.807) is 11.6 Å². The van der Waals surface area contributed by atoms with Crippen molar-refractivity contribution in [3.8, 4) is 16.9 Å². The molecule has 4 heterocycles. The number of methoxy groups -OCH3 is 1. The highest BCUT2D eigenvalue weighted by Crippen LogP contribution is 2.34. The normalized spacial score (nSPS) is 19.5. The quantitative estimate of drug-likeness (QED) is 0.489. The highest BCUT2D eigenvalue weighted by molar-refractivity contribution is 5.85. The molecule has 4 aromatic rings. The fraction of sp³-hybridized carbons (Fsp3) is 0.480. The molecule has 1 aromatic carbocycles. The van der Waals surface area contributed by atoms with E-state index in [9.17, 15) is 4.79 Å². The van der Waals surface area contributed by atoms with Crippen LogP contribution in [0, 0.1) is 5.92 Å². The molecule has 8 nitrogen and oxygen atoms in total. The van der Waals surface area contributed by atoms with Crippen LogP contribution >= 0.6 is 0 Å². The Morgan fingerprint density at radius 1 is 1.21 bits per heavy atom. The summed E-state index contributed by atoms with van der Waals surface area (Å²) in [6, 6.07) is 6.52. The first-order chi connectivity index (χ1) is 16.1. The van der Waals surface area contributed by atoms with Crippen molar-refractivity contribution in [3.63, 3.8) is 0 Å². The van der Waals surface area contributed by atoms with Crippen molar-refractivity contribution in [2.24, 2.45) is 5.92 Å². The molecule has 1 saturated carbocycles. The molecule has 1 atom stereocenters. The van der Waals surface area contributed by atoms with E-state index >= 15 is 0 Å². The number of rotatable bonds is 6. The van der Waals surface area contributed by atoms with Gasteiger partial charge < -0.3 is 14.6 Å². The summed E-state index contributed by atoms with van der Waals surface area (Å²) in [5.74, 6) is 1.55. The highest BCUT2D eigenvalue weighted by atomic mass is 16.5. The molecule has 0 bridgehead atoms. The van der Waals surface area contributed by atoms with Crippen molar-refractivity contribution in [2.75, 3.05) is 26.7 Å². The van der Waals surface area contributed by atoms with Crippen molar-refractivity contribution >= 4 is 16.7 Å². The standard InChI is InChI=1S/C25H30N6O2/c1-3-17-9-22-21(11-20(17)18-10-23(33-2)24-26-15-27-30(24)13-18)28-25(32)31(22)19-5-4-8-29(14-19)12-16-6-7-16/h9-11,13,15-16,19H,3-8,12,14H2,1-2H3,(H,28,32). The molecule has 33 heavy (non-hydrogen) atoms. The highest BCUT2D eigenvalue weighted by Gasteiger charge is 2.29. The van der Waals surface area contributed by atoms with Gasteiger partial charge >= 0.3 is 5.69 Å². The fourth-order valence-electron chi connectivity index (χ4n) is 5.41. The number of aromatic amines is 1. The van der Waals surface area contributed by atoms with E-state index in [0.29, 0.717) is 11.4 Å². The molecule has 172 valence electrons. The third-order valence-electron chi connectivity index (χ3n) is 7.25. The summed E-state index contributed by atoms with van der Waals surface area (Å²) >= 11 is 0. The molecule has 1 N–H and O–H groups in total. The lowest BCUT2D eigenvalue weighted by molar-refractivity contribution is 0.171. The van der Waals surface area contributed by atoms with Crippen LogP contribution in [-0.2, 0) is 6.42 Å². The average Bonchev–Trinajstić information content (AvgIpc) is 3.39. The van der Waals surface area contributed by atoms with Crippen LogP contribution in [0.4, 0.5) is 0 Å². The van der Waals surface area contributed by atoms with Gasteiger partial charge in [0.25, 0.3) is 0 Å². The van der Waals surface area contributed by atoms with E-state index in [-0.39, 0.29) is 11.7 Å². The smallest absolute Gasteiger partial charge is 0.326 e. The lowest BCUT2D eigenvalue weighted by atomic mass is 9.97. The number of aromatic nitrogens is 5. The summed E-state index contributed by atoms with van der Waals surface area (Å²) in [7, 11) is 1.64. The predicted octanol–water partition coefficient (Wildman–Crippen LogP) is 3.66. The molecule has 1 aliphatic heterocycles. The monoisotopic (exact) mass is 446 g/mol. The number of hydrogen-bond donors (Lipinski definition) is 1. The minimum atomic E-state index is -0.00761. The maximum atomic E-state index is 13.1. The Kier molecular flexibility index (Phi) is 4.98. The van der Waals surface area contributed by atoms with Gasteiger partial charge in [0.05, 0.1) is 24.2 Å². The summed E-state index contributed by atoms with van der Waals surface area (Å²) in [4.78, 5) is 23.1. The number of fused-ring (bicyclic) bond motifs is 2. The van der Waals surface area contributed by atoms with Crippen LogP contribution < -0.4 is 10.4 Å². The molecule has 8 heteroatoms. The van der Waals surface area contributed by atoms with Crippen molar-refractivity contribution in [1.29, 1.82) is 0 Å². The Balaban J connectivity index is 1.43. The third-order valence-corrected chi connectivity index (χ3v) is 7.25. The first-order valence-electron chi connectivity index (χ1n) is 12.0. The topological polar surface area (TPSA) is 80.5 Å². The molecule has 0 amide bonds. The molecule has 3 aromatic heterocycles. The largest absolute Gasteiger partial charge is 0.493 e. The first-order valence-corrected chi connectivity index (χ1v) is 12.0. The van der Waals surface area contributed by atoms with E-state index in [1.807, 2.05) is 16.8 Å². The van der Waals surface area contributed by atoms with Gasteiger partial charge in [0, 0.05) is 24.8 Å². The summed E-state index contributed by atoms with van der Waals surface area (Å²) in [6.07, 6.45) is 9.28. The number of aryl methyl sites for hydroxylation is 1. The zero-order chi connectivity index (χ0) is 22.5. The Hall–Kier alpha value is -3.13. The second kappa shape index (κ2) is 8.02. The minimum Gasteiger partial charge on any atom is -0.493 e. The molecule has 6 rings (SSSR count). The number of benzene rings is 1. The number of hydrogen-bond acceptors (Lipinski definition) is 5. The van der Waals surface area contributed by atoms with Crippen molar-refractivity contribution in [1.82, 2.24) is 29.0 Å². The Labute approximate surface area is 192 Å². The Bertz CT molecular complexity index is 1380. The number of nitrogens with one attached hydrogen (secondary N) is 1. The summed E-state index contributed by atoms with van der Waals surface area (Å²) in [6.45, 7) is 5.46. The number of nitrogens with zero attached hydrogens (tertiary/aromatic N) is 5. The van der Waals surface area contributed by atoms with Crippen LogP contribution in [0.15, 0.2) is 35.5 Å². The van der Waals surface area contributed by atoms with Gasteiger partial charge in [0.1, 0.15) is 6.33 Å². The summed E-state index contributed by atoms with van der Waals surface area (Å²) in [5, 5.41) is 4.30. The Morgan fingerprint density at radius 3 is 2.88 bits per heavy atom. The van der Waals surface area contributed by atoms with E-state index in [0.717, 1.165) is 60.4 Å². The summed E-state index contributed by atoms with van der Waals surface area (Å²) in [5.41, 5.74) is 5.83. The maximum Gasteiger partial charge on any atom is 0.326 e. The van der Waals surface area contributed by atoms with Crippen LogP contribution in [0.3, 0.4) is 0 Å². The van der Waals surface area contributed by atoms with Crippen LogP contribution in [0.25, 0.3) is 27.8 Å². The van der Waals surface area contributed by atoms with Crippen molar-refractivity contribution < 1.29 is 4.74 Å². The molecule has 1 unspecified atom stereocenters. The minimum absolute atomic E-state index is 0.00761. The average molecular weight is 447 g/mol. The van der Waals surface area contributed by atoms with Gasteiger partial charge in [-0.15, -0.1) is 0 Å². The van der Waals surface area contributed by atoms with Crippen molar-refractivity contribution in [2.45, 2.75) is 45.1 Å². The van der Waals surface area contributed by atoms with E-state index < -0.39 is 0 Å². The molecular weight excluding hydrogens is 416 g/mol. The zero-order valence-electron chi connectivity index (χ0n) is 19.3. The molecule has 2 aliphatic rings. The molecule has 1 aliphatic carbocycles. The number of H-pyrrole nitrogens is 1. The third kappa shape index (κ3) is 3.62. The molecule has 0 spiro atoms. The zero-order valence-corrected chi connectivity index (χ0v) is 19.3. The lowest BCUT2D eigenvalue weighted by Crippen LogP contribution is -2.40. The SMILES string of the molecule is CCc1cc2c(cc1-c1cc(OC)c3ncnn3c1)[nH]c(=O)n2C1CCCN(CC2CC2)C1. The van der Waals surface area contributed by atoms with E-state index in [4.69, 9.17) is 4.74 Å². The van der Waals surface area contributed by atoms with Crippen LogP contribution in [0.1, 0.15) is 44.2 Å². The van der Waals surface area contributed by atoms with Gasteiger partial charge in [-0.3, -0.25) is 4.57 Å². The van der Waals surface area contributed by atoms with Crippen LogP contribution in [0.5, 0.6) is 5.75 Å². The second-order valence-electron chi connectivity index (χ2n) is 9.50. The van der Waals surface area contributed by atoms with Crippen LogP contribution in [-0.4, -0.2) is 55.8 Å². The molecule has 2 fully saturated rings. The van der Waals surface area contributed by atoms with E-state index in [2.05, 4.69) is 39.0 Å². The fourth-order valence-corrected chi connectivity index (χ4v) is 5.41. The summed E-state index contributed by atoms with van der Waals surface area (Å²) < 4.78 is 9.31. The van der Waals surface area contributed by atoms with Gasteiger partial charge in [-0.1, -0.05) is 6.92 Å². The number of imidazole rings is 1. The van der Waals surface area contributed by atoms with Gasteiger partial charge in [-0.05, 0) is 73.9 Å². The number of pyridine rings is 1. The van der Waals surface area contributed by atoms with Gasteiger partial charge in [0.15, 0.2) is 11.4 Å². The lowest BCUT2D eigenvalue weighted by Gasteiger charge is -2.33. The molecule has 0 radical (unpaired) electrons. The van der Waals surface area contributed by atoms with Crippen LogP contribution in [0.2, 0.25) is 0 Å². The van der Waals surface area contributed by atoms with Crippen molar-refractivity contribution in [3.05, 3.63) is 46.8 Å². The predicted molar refractivity (Wildman–Crippen MR) is 128 cm³/mol. The maximum absolute atomic E-state index is 13.1. The first kappa shape index (κ1) is 20.5. The second-order valence-corrected chi connectivity index (χ2v) is 9.50. The van der Waals surface area contributed by atoms with Gasteiger partial charge in [-0.25, -0.2) is 14.3 Å². The number of ether oxygens (including phenoxy) is 1. The Morgan fingerprint density at radius 2 is 2.09 bits per heavy atom. The van der Waals surface area contributed by atoms with E-state index in [1.165, 1.54) is 31.3 Å². The number of likely N-dealkylation sites (tertiary alicyclic amines) is 1.